The summed E-state index contributed by atoms with van der Waals surface area (Å²) in [6, 6.07) is 0. The van der Waals surface area contributed by atoms with Crippen LogP contribution in [-0.2, 0) is 0 Å². The first kappa shape index (κ1) is 20.3. The van der Waals surface area contributed by atoms with E-state index in [2.05, 4.69) is 41.5 Å². The molecule has 3 saturated carbocycles. The summed E-state index contributed by atoms with van der Waals surface area (Å²) in [5.41, 5.74) is 2.12. The molecule has 3 aliphatic carbocycles. The highest BCUT2D eigenvalue weighted by molar-refractivity contribution is 6.59. The fourth-order valence-corrected chi connectivity index (χ4v) is 13.5. The lowest BCUT2D eigenvalue weighted by molar-refractivity contribution is 0.325. The summed E-state index contributed by atoms with van der Waals surface area (Å²) >= 11 is -0.676. The topological polar surface area (TPSA) is 0 Å². The van der Waals surface area contributed by atoms with Crippen molar-refractivity contribution < 1.29 is 0 Å². The normalized spacial score (nSPS) is 47.5. The van der Waals surface area contributed by atoms with E-state index in [1.807, 2.05) is 0 Å². The lowest BCUT2D eigenvalue weighted by Crippen LogP contribution is -2.33. The summed E-state index contributed by atoms with van der Waals surface area (Å²) in [6.45, 7) is 15.5. The smallest absolute Gasteiger partial charge is 0.0884 e. The Balaban J connectivity index is 1.69. The average molecular weight is 361 g/mol. The van der Waals surface area contributed by atoms with Crippen molar-refractivity contribution in [1.29, 1.82) is 0 Å². The quantitative estimate of drug-likeness (QED) is 0.421. The Morgan fingerprint density at radius 2 is 0.880 bits per heavy atom. The van der Waals surface area contributed by atoms with Crippen molar-refractivity contribution in [3.8, 4) is 0 Å². The van der Waals surface area contributed by atoms with Gasteiger partial charge in [-0.25, -0.2) is 0 Å². The van der Waals surface area contributed by atoms with Crippen molar-refractivity contribution in [2.75, 3.05) is 0 Å². The summed E-state index contributed by atoms with van der Waals surface area (Å²) in [5, 5.41) is 4.97. The highest BCUT2D eigenvalue weighted by Crippen LogP contribution is 2.53. The molecular weight excluding hydrogens is 315 g/mol. The Morgan fingerprint density at radius 3 is 1.08 bits per heavy atom. The van der Waals surface area contributed by atoms with Gasteiger partial charge < -0.3 is 0 Å². The minimum Gasteiger partial charge on any atom is -0.0884 e. The Labute approximate surface area is 163 Å². The van der Waals surface area contributed by atoms with E-state index < -0.39 is 14.1 Å². The maximum atomic E-state index is 2.66. The molecule has 1 heteroatoms. The molecule has 0 aliphatic heterocycles. The fraction of sp³-hybridized carbons (Fsp3) is 1.00. The van der Waals surface area contributed by atoms with Crippen LogP contribution < -0.4 is 0 Å². The predicted octanol–water partition coefficient (Wildman–Crippen LogP) is 7.96. The minimum atomic E-state index is -0.676. The van der Waals surface area contributed by atoms with Gasteiger partial charge in [0.15, 0.2) is 0 Å². The van der Waals surface area contributed by atoms with Gasteiger partial charge >= 0.3 is 0 Å². The number of hydrogen-bond donors (Lipinski definition) is 0. The molecule has 0 N–H and O–H groups in total. The van der Waals surface area contributed by atoms with Gasteiger partial charge in [-0.2, -0.15) is 0 Å². The van der Waals surface area contributed by atoms with Crippen molar-refractivity contribution in [2.24, 2.45) is 34.0 Å². The van der Waals surface area contributed by atoms with Crippen LogP contribution >= 0.6 is 0 Å². The Bertz CT molecular complexity index is 392. The first-order valence-electron chi connectivity index (χ1n) is 11.6. The van der Waals surface area contributed by atoms with Crippen LogP contribution in [0.1, 0.15) is 99.3 Å². The van der Waals surface area contributed by atoms with Gasteiger partial charge in [-0.1, -0.05) is 76.7 Å². The summed E-state index contributed by atoms with van der Waals surface area (Å²) in [6.07, 6.45) is 13.7. The summed E-state index contributed by atoms with van der Waals surface area (Å²) < 4.78 is 0. The fourth-order valence-electron chi connectivity index (χ4n) is 7.78. The van der Waals surface area contributed by atoms with Crippen molar-refractivity contribution >= 4 is 14.1 Å². The summed E-state index contributed by atoms with van der Waals surface area (Å²) in [5.74, 6) is 2.97. The van der Waals surface area contributed by atoms with Gasteiger partial charge in [0.2, 0.25) is 0 Å². The maximum Gasteiger partial charge on any atom is 0.263 e. The van der Waals surface area contributed by atoms with Gasteiger partial charge in [0, 0.05) is 0 Å². The van der Waals surface area contributed by atoms with Gasteiger partial charge in [-0.3, -0.25) is 0 Å². The first-order valence-corrected chi connectivity index (χ1v) is 14.0. The molecule has 0 aromatic carbocycles. The Hall–Kier alpha value is 0.532. The molecule has 6 atom stereocenters. The van der Waals surface area contributed by atoms with Crippen molar-refractivity contribution in [3.63, 3.8) is 0 Å². The van der Waals surface area contributed by atoms with E-state index in [1.54, 1.807) is 15.8 Å². The molecule has 144 valence electrons. The summed E-state index contributed by atoms with van der Waals surface area (Å²) in [4.78, 5) is 0. The highest BCUT2D eigenvalue weighted by atomic mass is 27.2. The largest absolute Gasteiger partial charge is 0.263 e. The molecule has 3 aliphatic rings. The second kappa shape index (κ2) is 7.51. The summed E-state index contributed by atoms with van der Waals surface area (Å²) in [7, 11) is 0. The second-order valence-electron chi connectivity index (χ2n) is 12.5. The van der Waals surface area contributed by atoms with Gasteiger partial charge in [0.1, 0.15) is 0 Å². The van der Waals surface area contributed by atoms with E-state index in [0.29, 0.717) is 16.2 Å². The van der Waals surface area contributed by atoms with Gasteiger partial charge in [0.25, 0.3) is 14.1 Å². The monoisotopic (exact) mass is 360 g/mol. The molecule has 0 saturated heterocycles. The van der Waals surface area contributed by atoms with E-state index in [1.165, 1.54) is 57.8 Å². The molecule has 0 aromatic heterocycles. The Morgan fingerprint density at radius 1 is 0.600 bits per heavy atom. The molecule has 0 spiro atoms. The van der Waals surface area contributed by atoms with E-state index in [-0.39, 0.29) is 0 Å². The molecule has 3 rings (SSSR count). The van der Waals surface area contributed by atoms with E-state index in [9.17, 15) is 0 Å². The molecule has 0 radical (unpaired) electrons. The van der Waals surface area contributed by atoms with Gasteiger partial charge in [-0.05, 0) is 72.5 Å². The molecule has 0 aromatic rings. The molecule has 0 nitrogen and oxygen atoms in total. The first-order chi connectivity index (χ1) is 11.6. The van der Waals surface area contributed by atoms with Gasteiger partial charge in [-0.15, -0.1) is 0 Å². The minimum absolute atomic E-state index is 0.676. The maximum absolute atomic E-state index is 2.66. The zero-order valence-corrected chi connectivity index (χ0v) is 19.4. The van der Waals surface area contributed by atoms with Crippen LogP contribution in [0.3, 0.4) is 0 Å². The molecule has 6 unspecified atom stereocenters. The van der Waals surface area contributed by atoms with E-state index >= 15 is 0 Å². The molecule has 25 heavy (non-hydrogen) atoms. The van der Waals surface area contributed by atoms with Crippen molar-refractivity contribution in [2.45, 2.75) is 115 Å². The van der Waals surface area contributed by atoms with Gasteiger partial charge in [0.05, 0.1) is 0 Å². The van der Waals surface area contributed by atoms with E-state index in [4.69, 9.17) is 0 Å². The van der Waals surface area contributed by atoms with Crippen LogP contribution in [0.4, 0.5) is 0 Å². The highest BCUT2D eigenvalue weighted by Gasteiger charge is 2.45. The third-order valence-electron chi connectivity index (χ3n) is 8.59. The van der Waals surface area contributed by atoms with Crippen LogP contribution in [0, 0.1) is 34.0 Å². The van der Waals surface area contributed by atoms with Crippen LogP contribution in [0.5, 0.6) is 0 Å². The molecular formula is C24H45Al. The standard InChI is InChI=1S/3C8H15.Al/c3*1-7-4-5-8(2,3)6-7;/h3*7H,2,4-6H2,1,3H3;. The zero-order valence-electron chi connectivity index (χ0n) is 18.3. The molecule has 0 amide bonds. The third-order valence-corrected chi connectivity index (χ3v) is 13.3. The van der Waals surface area contributed by atoms with Crippen LogP contribution in [-0.4, -0.2) is 14.1 Å². The molecule has 3 fully saturated rings. The van der Waals surface area contributed by atoms with Crippen molar-refractivity contribution in [3.05, 3.63) is 0 Å². The van der Waals surface area contributed by atoms with Crippen LogP contribution in [0.25, 0.3) is 0 Å². The lowest BCUT2D eigenvalue weighted by Gasteiger charge is -2.36. The predicted molar refractivity (Wildman–Crippen MR) is 114 cm³/mol. The zero-order chi connectivity index (χ0) is 18.3. The lowest BCUT2D eigenvalue weighted by atomic mass is 9.89. The van der Waals surface area contributed by atoms with Crippen LogP contribution in [0.2, 0.25) is 15.8 Å². The molecule has 0 bridgehead atoms. The Kier molecular flexibility index (Phi) is 6.09. The molecule has 0 heterocycles. The number of rotatable bonds is 6. The van der Waals surface area contributed by atoms with Crippen LogP contribution in [0.15, 0.2) is 0 Å². The second-order valence-corrected chi connectivity index (χ2v) is 15.4. The SMILES string of the molecule is CC1CCC(C)([CH2][Al]([CH2]C2(C)CCC(C)C2)[CH2]C2(C)CCC(C)C2)C1. The number of hydrogen-bond acceptors (Lipinski definition) is 0. The van der Waals surface area contributed by atoms with Crippen molar-refractivity contribution in [1.82, 2.24) is 0 Å². The third kappa shape index (κ3) is 5.29. The average Bonchev–Trinajstić information content (AvgIpc) is 3.09. The van der Waals surface area contributed by atoms with E-state index in [0.717, 1.165) is 17.8 Å².